The molecule has 5 nitrogen and oxygen atoms in total. The van der Waals surface area contributed by atoms with E-state index in [0.717, 1.165) is 44.5 Å². The van der Waals surface area contributed by atoms with Gasteiger partial charge in [0, 0.05) is 25.4 Å². The first-order valence-corrected chi connectivity index (χ1v) is 8.66. The maximum atomic E-state index is 12.6. The summed E-state index contributed by atoms with van der Waals surface area (Å²) in [6.07, 6.45) is 8.34. The Kier molecular flexibility index (Phi) is 5.51. The van der Waals surface area contributed by atoms with Gasteiger partial charge in [-0.3, -0.25) is 9.48 Å². The molecule has 1 saturated heterocycles. The highest BCUT2D eigenvalue weighted by atomic mass is 16.5. The highest BCUT2D eigenvalue weighted by molar-refractivity contribution is 5.76. The predicted molar refractivity (Wildman–Crippen MR) is 92.9 cm³/mol. The molecule has 0 radical (unpaired) electrons. The van der Waals surface area contributed by atoms with Crippen molar-refractivity contribution in [3.63, 3.8) is 0 Å². The molecule has 2 aromatic rings. The average Bonchev–Trinajstić information content (AvgIpc) is 3.28. The molecule has 1 fully saturated rings. The zero-order chi connectivity index (χ0) is 16.8. The Morgan fingerprint density at radius 2 is 2.17 bits per heavy atom. The number of aryl methyl sites for hydroxylation is 1. The molecule has 1 aliphatic heterocycles. The number of nitrogens with zero attached hydrogens (tertiary/aromatic N) is 3. The SMILES string of the molecule is COc1ccc(CCCC(=O)N2CCCC2Cn2cccn2)cc1. The van der Waals surface area contributed by atoms with Crippen LogP contribution in [-0.2, 0) is 17.8 Å². The van der Waals surface area contributed by atoms with E-state index in [1.54, 1.807) is 13.3 Å². The minimum Gasteiger partial charge on any atom is -0.497 e. The summed E-state index contributed by atoms with van der Waals surface area (Å²) in [6, 6.07) is 10.3. The third kappa shape index (κ3) is 4.16. The first kappa shape index (κ1) is 16.6. The minimum absolute atomic E-state index is 0.276. The highest BCUT2D eigenvalue weighted by Gasteiger charge is 2.28. The summed E-state index contributed by atoms with van der Waals surface area (Å²) >= 11 is 0. The quantitative estimate of drug-likeness (QED) is 0.785. The molecule has 0 N–H and O–H groups in total. The van der Waals surface area contributed by atoms with Crippen LogP contribution in [0.3, 0.4) is 0 Å². The fourth-order valence-corrected chi connectivity index (χ4v) is 3.36. The van der Waals surface area contributed by atoms with Crippen molar-refractivity contribution in [3.05, 3.63) is 48.3 Å². The van der Waals surface area contributed by atoms with Crippen LogP contribution >= 0.6 is 0 Å². The molecule has 0 bridgehead atoms. The molecule has 1 aromatic carbocycles. The van der Waals surface area contributed by atoms with Gasteiger partial charge in [0.05, 0.1) is 19.7 Å². The van der Waals surface area contributed by atoms with Crippen LogP contribution in [0.25, 0.3) is 0 Å². The largest absolute Gasteiger partial charge is 0.497 e. The predicted octanol–water partition coefficient (Wildman–Crippen LogP) is 2.91. The second-order valence-corrected chi connectivity index (χ2v) is 6.31. The van der Waals surface area contributed by atoms with Crippen molar-refractivity contribution >= 4 is 5.91 Å². The molecule has 3 rings (SSSR count). The number of carbonyl (C=O) groups is 1. The lowest BCUT2D eigenvalue weighted by Crippen LogP contribution is -2.38. The van der Waals surface area contributed by atoms with E-state index in [0.29, 0.717) is 12.5 Å². The molecule has 128 valence electrons. The van der Waals surface area contributed by atoms with E-state index in [1.165, 1.54) is 5.56 Å². The number of carbonyl (C=O) groups excluding carboxylic acids is 1. The molecule has 0 saturated carbocycles. The number of amides is 1. The number of likely N-dealkylation sites (tertiary alicyclic amines) is 1. The molecule has 24 heavy (non-hydrogen) atoms. The summed E-state index contributed by atoms with van der Waals surface area (Å²) in [5, 5.41) is 4.26. The second kappa shape index (κ2) is 7.99. The Labute approximate surface area is 143 Å². The van der Waals surface area contributed by atoms with E-state index in [4.69, 9.17) is 4.74 Å². The first-order chi connectivity index (χ1) is 11.8. The van der Waals surface area contributed by atoms with E-state index in [-0.39, 0.29) is 5.91 Å². The molecular weight excluding hydrogens is 302 g/mol. The summed E-state index contributed by atoms with van der Waals surface area (Å²) in [4.78, 5) is 14.6. The number of benzene rings is 1. The van der Waals surface area contributed by atoms with Crippen molar-refractivity contribution in [3.8, 4) is 5.75 Å². The number of rotatable bonds is 7. The normalized spacial score (nSPS) is 17.2. The topological polar surface area (TPSA) is 47.4 Å². The van der Waals surface area contributed by atoms with Crippen LogP contribution in [0.5, 0.6) is 5.75 Å². The van der Waals surface area contributed by atoms with E-state index in [2.05, 4.69) is 22.1 Å². The van der Waals surface area contributed by atoms with Gasteiger partial charge >= 0.3 is 0 Å². The van der Waals surface area contributed by atoms with Crippen molar-refractivity contribution in [2.45, 2.75) is 44.7 Å². The Morgan fingerprint density at radius 3 is 2.88 bits per heavy atom. The van der Waals surface area contributed by atoms with E-state index < -0.39 is 0 Å². The number of ether oxygens (including phenoxy) is 1. The van der Waals surface area contributed by atoms with Gasteiger partial charge in [0.15, 0.2) is 0 Å². The zero-order valence-electron chi connectivity index (χ0n) is 14.2. The standard InChI is InChI=1S/C19H25N3O2/c1-24-18-10-8-16(9-11-18)5-2-7-19(23)22-14-3-6-17(22)15-21-13-4-12-20-21/h4,8-13,17H,2-3,5-7,14-15H2,1H3. The monoisotopic (exact) mass is 327 g/mol. The molecule has 0 aliphatic carbocycles. The molecular formula is C19H25N3O2. The van der Waals surface area contributed by atoms with E-state index >= 15 is 0 Å². The third-order valence-electron chi connectivity index (χ3n) is 4.67. The van der Waals surface area contributed by atoms with Crippen molar-refractivity contribution < 1.29 is 9.53 Å². The molecule has 1 atom stereocenters. The highest BCUT2D eigenvalue weighted by Crippen LogP contribution is 2.21. The maximum absolute atomic E-state index is 12.6. The summed E-state index contributed by atoms with van der Waals surface area (Å²) in [5.74, 6) is 1.14. The summed E-state index contributed by atoms with van der Waals surface area (Å²) in [6.45, 7) is 1.69. The lowest BCUT2D eigenvalue weighted by atomic mass is 10.1. The summed E-state index contributed by atoms with van der Waals surface area (Å²) < 4.78 is 7.09. The lowest BCUT2D eigenvalue weighted by Gasteiger charge is -2.24. The van der Waals surface area contributed by atoms with Crippen molar-refractivity contribution in [1.82, 2.24) is 14.7 Å². The number of hydrogen-bond donors (Lipinski definition) is 0. The van der Waals surface area contributed by atoms with Crippen LogP contribution in [0.4, 0.5) is 0 Å². The van der Waals surface area contributed by atoms with Crippen LogP contribution in [0.15, 0.2) is 42.7 Å². The molecule has 1 unspecified atom stereocenters. The Balaban J connectivity index is 1.46. The summed E-state index contributed by atoms with van der Waals surface area (Å²) in [7, 11) is 1.67. The van der Waals surface area contributed by atoms with Gasteiger partial charge < -0.3 is 9.64 Å². The fourth-order valence-electron chi connectivity index (χ4n) is 3.36. The van der Waals surface area contributed by atoms with Gasteiger partial charge in [-0.1, -0.05) is 12.1 Å². The molecule has 1 aliphatic rings. The van der Waals surface area contributed by atoms with Gasteiger partial charge in [-0.2, -0.15) is 5.10 Å². The number of aromatic nitrogens is 2. The fraction of sp³-hybridized carbons (Fsp3) is 0.474. The van der Waals surface area contributed by atoms with Gasteiger partial charge in [-0.15, -0.1) is 0 Å². The molecule has 0 spiro atoms. The molecule has 1 amide bonds. The maximum Gasteiger partial charge on any atom is 0.222 e. The molecule has 5 heteroatoms. The summed E-state index contributed by atoms with van der Waals surface area (Å²) in [5.41, 5.74) is 1.25. The van der Waals surface area contributed by atoms with Crippen molar-refractivity contribution in [1.29, 1.82) is 0 Å². The Bertz CT molecular complexity index is 637. The Morgan fingerprint density at radius 1 is 1.33 bits per heavy atom. The second-order valence-electron chi connectivity index (χ2n) is 6.31. The van der Waals surface area contributed by atoms with E-state index in [9.17, 15) is 4.79 Å². The molecule has 2 heterocycles. The smallest absolute Gasteiger partial charge is 0.222 e. The third-order valence-corrected chi connectivity index (χ3v) is 4.67. The van der Waals surface area contributed by atoms with Gasteiger partial charge in [0.1, 0.15) is 5.75 Å². The number of methoxy groups -OCH3 is 1. The van der Waals surface area contributed by atoms with Gasteiger partial charge in [0.2, 0.25) is 5.91 Å². The van der Waals surface area contributed by atoms with Crippen LogP contribution in [0.1, 0.15) is 31.2 Å². The lowest BCUT2D eigenvalue weighted by molar-refractivity contribution is -0.132. The van der Waals surface area contributed by atoms with Gasteiger partial charge in [0.25, 0.3) is 0 Å². The van der Waals surface area contributed by atoms with Gasteiger partial charge in [-0.25, -0.2) is 0 Å². The van der Waals surface area contributed by atoms with Gasteiger partial charge in [-0.05, 0) is 49.4 Å². The van der Waals surface area contributed by atoms with Crippen LogP contribution in [0, 0.1) is 0 Å². The van der Waals surface area contributed by atoms with Crippen LogP contribution < -0.4 is 4.74 Å². The number of hydrogen-bond acceptors (Lipinski definition) is 3. The molecule has 1 aromatic heterocycles. The minimum atomic E-state index is 0.276. The first-order valence-electron chi connectivity index (χ1n) is 8.66. The van der Waals surface area contributed by atoms with Crippen LogP contribution in [-0.4, -0.2) is 40.3 Å². The van der Waals surface area contributed by atoms with Crippen molar-refractivity contribution in [2.24, 2.45) is 0 Å². The zero-order valence-corrected chi connectivity index (χ0v) is 14.2. The van der Waals surface area contributed by atoms with Crippen LogP contribution in [0.2, 0.25) is 0 Å². The van der Waals surface area contributed by atoms with Crippen molar-refractivity contribution in [2.75, 3.05) is 13.7 Å². The average molecular weight is 327 g/mol. The Hall–Kier alpha value is -2.30. The van der Waals surface area contributed by atoms with E-state index in [1.807, 2.05) is 29.1 Å².